The standard InChI is InChI=1S/C16H19N3O5/c1-22-10-8-19(11-15(20)17-14-7-9-24-18-14)16(21)12-3-5-13(23-2)6-4-12/h3-7,9H,8,10-11H2,1-2H3,(H,17,18,20). The molecule has 2 amide bonds. The fourth-order valence-electron chi connectivity index (χ4n) is 2.00. The number of ether oxygens (including phenoxy) is 2. The molecule has 0 unspecified atom stereocenters. The molecule has 0 aliphatic rings. The molecule has 0 spiro atoms. The Morgan fingerprint density at radius 3 is 2.54 bits per heavy atom. The maximum absolute atomic E-state index is 12.6. The first-order valence-electron chi connectivity index (χ1n) is 7.26. The van der Waals surface area contributed by atoms with E-state index in [0.29, 0.717) is 23.7 Å². The Bertz CT molecular complexity index is 655. The highest BCUT2D eigenvalue weighted by Crippen LogP contribution is 2.13. The van der Waals surface area contributed by atoms with E-state index in [2.05, 4.69) is 15.0 Å². The topological polar surface area (TPSA) is 93.9 Å². The van der Waals surface area contributed by atoms with E-state index in [1.54, 1.807) is 31.4 Å². The van der Waals surface area contributed by atoms with Crippen LogP contribution in [-0.4, -0.2) is 55.8 Å². The molecule has 0 aliphatic heterocycles. The van der Waals surface area contributed by atoms with Crippen molar-refractivity contribution in [3.05, 3.63) is 42.2 Å². The van der Waals surface area contributed by atoms with Gasteiger partial charge in [0.1, 0.15) is 18.6 Å². The molecule has 0 saturated carbocycles. The number of methoxy groups -OCH3 is 2. The van der Waals surface area contributed by atoms with Crippen molar-refractivity contribution in [2.75, 3.05) is 39.2 Å². The highest BCUT2D eigenvalue weighted by molar-refractivity contribution is 5.99. The lowest BCUT2D eigenvalue weighted by Crippen LogP contribution is -2.40. The number of carbonyl (C=O) groups excluding carboxylic acids is 2. The minimum absolute atomic E-state index is 0.124. The number of nitrogens with one attached hydrogen (secondary N) is 1. The summed E-state index contributed by atoms with van der Waals surface area (Å²) in [6.07, 6.45) is 1.35. The Balaban J connectivity index is 2.05. The van der Waals surface area contributed by atoms with Gasteiger partial charge in [0.25, 0.3) is 5.91 Å². The summed E-state index contributed by atoms with van der Waals surface area (Å²) in [6, 6.07) is 8.20. The molecule has 2 aromatic rings. The number of hydrogen-bond donors (Lipinski definition) is 1. The number of benzene rings is 1. The highest BCUT2D eigenvalue weighted by Gasteiger charge is 2.19. The average molecular weight is 333 g/mol. The quantitative estimate of drug-likeness (QED) is 0.785. The Morgan fingerprint density at radius 1 is 1.21 bits per heavy atom. The van der Waals surface area contributed by atoms with Gasteiger partial charge in [-0.15, -0.1) is 0 Å². The Labute approximate surface area is 139 Å². The molecule has 8 heteroatoms. The molecule has 0 saturated heterocycles. The van der Waals surface area contributed by atoms with E-state index in [4.69, 9.17) is 9.47 Å². The number of rotatable bonds is 8. The molecule has 0 aliphatic carbocycles. The van der Waals surface area contributed by atoms with Crippen LogP contribution in [0.15, 0.2) is 41.1 Å². The van der Waals surface area contributed by atoms with Crippen LogP contribution in [-0.2, 0) is 9.53 Å². The van der Waals surface area contributed by atoms with E-state index in [-0.39, 0.29) is 24.9 Å². The number of nitrogens with zero attached hydrogens (tertiary/aromatic N) is 2. The van der Waals surface area contributed by atoms with Crippen LogP contribution in [0.3, 0.4) is 0 Å². The van der Waals surface area contributed by atoms with Gasteiger partial charge in [-0.3, -0.25) is 9.59 Å². The Morgan fingerprint density at radius 2 is 1.96 bits per heavy atom. The molecular formula is C16H19N3O5. The van der Waals surface area contributed by atoms with Crippen molar-refractivity contribution in [1.82, 2.24) is 10.1 Å². The smallest absolute Gasteiger partial charge is 0.254 e. The van der Waals surface area contributed by atoms with Gasteiger partial charge in [0.15, 0.2) is 5.82 Å². The number of hydrogen-bond acceptors (Lipinski definition) is 6. The zero-order valence-electron chi connectivity index (χ0n) is 13.5. The Kier molecular flexibility index (Phi) is 6.32. The van der Waals surface area contributed by atoms with Gasteiger partial charge in [-0.2, -0.15) is 0 Å². The van der Waals surface area contributed by atoms with Crippen molar-refractivity contribution >= 4 is 17.6 Å². The summed E-state index contributed by atoms with van der Waals surface area (Å²) in [5.74, 6) is 0.300. The lowest BCUT2D eigenvalue weighted by Gasteiger charge is -2.21. The van der Waals surface area contributed by atoms with Crippen LogP contribution in [0.5, 0.6) is 5.75 Å². The number of anilines is 1. The molecule has 0 fully saturated rings. The SMILES string of the molecule is COCCN(CC(=O)Nc1ccon1)C(=O)c1ccc(OC)cc1. The molecule has 1 N–H and O–H groups in total. The summed E-state index contributed by atoms with van der Waals surface area (Å²) in [5.41, 5.74) is 0.459. The summed E-state index contributed by atoms with van der Waals surface area (Å²) in [7, 11) is 3.08. The average Bonchev–Trinajstić information content (AvgIpc) is 3.11. The molecule has 8 nitrogen and oxygen atoms in total. The lowest BCUT2D eigenvalue weighted by atomic mass is 10.2. The van der Waals surface area contributed by atoms with Gasteiger partial charge in [0.2, 0.25) is 5.91 Å². The van der Waals surface area contributed by atoms with E-state index >= 15 is 0 Å². The second kappa shape index (κ2) is 8.68. The van der Waals surface area contributed by atoms with Crippen molar-refractivity contribution in [2.24, 2.45) is 0 Å². The van der Waals surface area contributed by atoms with E-state index < -0.39 is 0 Å². The van der Waals surface area contributed by atoms with Crippen LogP contribution < -0.4 is 10.1 Å². The first-order chi connectivity index (χ1) is 11.6. The predicted molar refractivity (Wildman–Crippen MR) is 85.9 cm³/mol. The third-order valence-electron chi connectivity index (χ3n) is 3.23. The van der Waals surface area contributed by atoms with Gasteiger partial charge >= 0.3 is 0 Å². The first kappa shape index (κ1) is 17.5. The maximum Gasteiger partial charge on any atom is 0.254 e. The molecular weight excluding hydrogens is 314 g/mol. The van der Waals surface area contributed by atoms with Crippen LogP contribution in [0.2, 0.25) is 0 Å². The summed E-state index contributed by atoms with van der Waals surface area (Å²) in [5, 5.41) is 6.15. The summed E-state index contributed by atoms with van der Waals surface area (Å²) in [6.45, 7) is 0.480. The molecule has 0 atom stereocenters. The lowest BCUT2D eigenvalue weighted by molar-refractivity contribution is -0.117. The minimum Gasteiger partial charge on any atom is -0.497 e. The maximum atomic E-state index is 12.6. The largest absolute Gasteiger partial charge is 0.497 e. The van der Waals surface area contributed by atoms with Crippen molar-refractivity contribution in [3.63, 3.8) is 0 Å². The van der Waals surface area contributed by atoms with Gasteiger partial charge in [-0.1, -0.05) is 5.16 Å². The molecule has 1 heterocycles. The van der Waals surface area contributed by atoms with Crippen LogP contribution >= 0.6 is 0 Å². The molecule has 0 bridgehead atoms. The second-order valence-corrected chi connectivity index (χ2v) is 4.88. The Hall–Kier alpha value is -2.87. The van der Waals surface area contributed by atoms with E-state index in [9.17, 15) is 9.59 Å². The van der Waals surface area contributed by atoms with Crippen molar-refractivity contribution in [3.8, 4) is 5.75 Å². The van der Waals surface area contributed by atoms with Crippen molar-refractivity contribution < 1.29 is 23.6 Å². The van der Waals surface area contributed by atoms with Crippen molar-refractivity contribution in [2.45, 2.75) is 0 Å². The normalized spacial score (nSPS) is 10.2. The third-order valence-corrected chi connectivity index (χ3v) is 3.23. The number of carbonyl (C=O) groups is 2. The molecule has 2 rings (SSSR count). The van der Waals surface area contributed by atoms with Crippen LogP contribution in [0.1, 0.15) is 10.4 Å². The fraction of sp³-hybridized carbons (Fsp3) is 0.312. The van der Waals surface area contributed by atoms with E-state index in [1.807, 2.05) is 0 Å². The van der Waals surface area contributed by atoms with Gasteiger partial charge in [-0.25, -0.2) is 0 Å². The van der Waals surface area contributed by atoms with Gasteiger partial charge in [0, 0.05) is 25.3 Å². The first-order valence-corrected chi connectivity index (χ1v) is 7.26. The predicted octanol–water partition coefficient (Wildman–Crippen LogP) is 1.41. The van der Waals surface area contributed by atoms with Crippen molar-refractivity contribution in [1.29, 1.82) is 0 Å². The molecule has 1 aromatic heterocycles. The van der Waals surface area contributed by atoms with Crippen LogP contribution in [0, 0.1) is 0 Å². The molecule has 24 heavy (non-hydrogen) atoms. The van der Waals surface area contributed by atoms with Crippen LogP contribution in [0.4, 0.5) is 5.82 Å². The second-order valence-electron chi connectivity index (χ2n) is 4.88. The zero-order chi connectivity index (χ0) is 17.4. The van der Waals surface area contributed by atoms with Crippen LogP contribution in [0.25, 0.3) is 0 Å². The van der Waals surface area contributed by atoms with E-state index in [0.717, 1.165) is 0 Å². The van der Waals surface area contributed by atoms with E-state index in [1.165, 1.54) is 24.3 Å². The molecule has 0 radical (unpaired) electrons. The summed E-state index contributed by atoms with van der Waals surface area (Å²) in [4.78, 5) is 26.1. The third kappa shape index (κ3) is 4.82. The van der Waals surface area contributed by atoms with Gasteiger partial charge in [-0.05, 0) is 24.3 Å². The monoisotopic (exact) mass is 333 g/mol. The summed E-state index contributed by atoms with van der Waals surface area (Å²) >= 11 is 0. The summed E-state index contributed by atoms with van der Waals surface area (Å²) < 4.78 is 14.7. The molecule has 1 aromatic carbocycles. The van der Waals surface area contributed by atoms with Gasteiger partial charge < -0.3 is 24.2 Å². The number of amides is 2. The van der Waals surface area contributed by atoms with Gasteiger partial charge in [0.05, 0.1) is 13.7 Å². The zero-order valence-corrected chi connectivity index (χ0v) is 13.5. The molecule has 128 valence electrons. The number of aromatic nitrogens is 1. The minimum atomic E-state index is -0.373. The fourth-order valence-corrected chi connectivity index (χ4v) is 2.00. The highest BCUT2D eigenvalue weighted by atomic mass is 16.5.